The Kier molecular flexibility index (Phi) is 2.44. The highest BCUT2D eigenvalue weighted by Gasteiger charge is 2.58. The van der Waals surface area contributed by atoms with E-state index in [1.165, 1.54) is 5.56 Å². The molecular formula is C15H20O2. The quantitative estimate of drug-likeness (QED) is 0.780. The molecule has 2 fully saturated rings. The van der Waals surface area contributed by atoms with Crippen LogP contribution < -0.4 is 4.74 Å². The van der Waals surface area contributed by atoms with Gasteiger partial charge in [-0.3, -0.25) is 0 Å². The molecule has 0 spiro atoms. The molecule has 3 atom stereocenters. The van der Waals surface area contributed by atoms with E-state index in [0.717, 1.165) is 30.8 Å². The molecule has 1 heterocycles. The van der Waals surface area contributed by atoms with Gasteiger partial charge in [0.25, 0.3) is 0 Å². The molecule has 2 heteroatoms. The first kappa shape index (κ1) is 11.1. The third-order valence-corrected chi connectivity index (χ3v) is 4.78. The summed E-state index contributed by atoms with van der Waals surface area (Å²) in [5, 5.41) is 0. The van der Waals surface area contributed by atoms with E-state index in [9.17, 15) is 0 Å². The van der Waals surface area contributed by atoms with Gasteiger partial charge in [-0.25, -0.2) is 0 Å². The first-order chi connectivity index (χ1) is 8.14. The topological polar surface area (TPSA) is 18.5 Å². The number of rotatable bonds is 2. The summed E-state index contributed by atoms with van der Waals surface area (Å²) in [6.45, 7) is 6.63. The maximum atomic E-state index is 5.64. The van der Waals surface area contributed by atoms with Crippen LogP contribution in [0.3, 0.4) is 0 Å². The van der Waals surface area contributed by atoms with Crippen molar-refractivity contribution in [2.24, 2.45) is 17.3 Å². The summed E-state index contributed by atoms with van der Waals surface area (Å²) in [4.78, 5) is 0. The van der Waals surface area contributed by atoms with E-state index >= 15 is 0 Å². The Balaban J connectivity index is 1.88. The molecule has 1 saturated carbocycles. The minimum Gasteiger partial charge on any atom is -0.497 e. The van der Waals surface area contributed by atoms with E-state index in [0.29, 0.717) is 11.3 Å². The van der Waals surface area contributed by atoms with Crippen LogP contribution >= 0.6 is 0 Å². The molecule has 1 aromatic rings. The average molecular weight is 232 g/mol. The van der Waals surface area contributed by atoms with Crippen molar-refractivity contribution in [3.63, 3.8) is 0 Å². The predicted octanol–water partition coefficient (Wildman–Crippen LogP) is 3.08. The van der Waals surface area contributed by atoms with Crippen molar-refractivity contribution >= 4 is 0 Å². The van der Waals surface area contributed by atoms with Crippen LogP contribution in [0.2, 0.25) is 0 Å². The maximum Gasteiger partial charge on any atom is 0.118 e. The lowest BCUT2D eigenvalue weighted by Gasteiger charge is -2.55. The molecule has 1 aromatic carbocycles. The van der Waals surface area contributed by atoms with Crippen molar-refractivity contribution < 1.29 is 9.47 Å². The summed E-state index contributed by atoms with van der Waals surface area (Å²) < 4.78 is 10.9. The summed E-state index contributed by atoms with van der Waals surface area (Å²) in [7, 11) is 1.71. The van der Waals surface area contributed by atoms with Crippen molar-refractivity contribution in [1.82, 2.24) is 0 Å². The van der Waals surface area contributed by atoms with Crippen LogP contribution in [-0.2, 0) is 4.74 Å². The zero-order valence-corrected chi connectivity index (χ0v) is 10.8. The monoisotopic (exact) mass is 232 g/mol. The summed E-state index contributed by atoms with van der Waals surface area (Å²) in [5.41, 5.74) is 1.80. The smallest absolute Gasteiger partial charge is 0.118 e. The summed E-state index contributed by atoms with van der Waals surface area (Å²) in [5.74, 6) is 3.04. The van der Waals surface area contributed by atoms with Crippen molar-refractivity contribution in [2.75, 3.05) is 20.3 Å². The van der Waals surface area contributed by atoms with Crippen LogP contribution in [0.15, 0.2) is 24.3 Å². The van der Waals surface area contributed by atoms with E-state index in [1.54, 1.807) is 7.11 Å². The van der Waals surface area contributed by atoms with Crippen LogP contribution in [0.25, 0.3) is 0 Å². The number of fused-ring (bicyclic) bond motifs is 1. The van der Waals surface area contributed by atoms with Crippen LogP contribution in [0.4, 0.5) is 0 Å². The fourth-order valence-corrected chi connectivity index (χ4v) is 3.82. The molecule has 0 amide bonds. The predicted molar refractivity (Wildman–Crippen MR) is 67.3 cm³/mol. The van der Waals surface area contributed by atoms with Crippen LogP contribution in [0.1, 0.15) is 25.3 Å². The minimum absolute atomic E-state index is 0.371. The molecule has 0 unspecified atom stereocenters. The fourth-order valence-electron chi connectivity index (χ4n) is 3.82. The number of ether oxygens (including phenoxy) is 2. The van der Waals surface area contributed by atoms with Gasteiger partial charge in [0.1, 0.15) is 5.75 Å². The Morgan fingerprint density at radius 3 is 2.53 bits per heavy atom. The second-order valence-electron chi connectivity index (χ2n) is 5.88. The van der Waals surface area contributed by atoms with Gasteiger partial charge >= 0.3 is 0 Å². The first-order valence-electron chi connectivity index (χ1n) is 6.36. The van der Waals surface area contributed by atoms with Gasteiger partial charge in [-0.15, -0.1) is 0 Å². The van der Waals surface area contributed by atoms with Crippen molar-refractivity contribution in [3.05, 3.63) is 29.8 Å². The van der Waals surface area contributed by atoms with Gasteiger partial charge in [0.05, 0.1) is 20.3 Å². The van der Waals surface area contributed by atoms with Gasteiger partial charge in [-0.05, 0) is 40.9 Å². The number of methoxy groups -OCH3 is 1. The molecule has 1 aliphatic carbocycles. The van der Waals surface area contributed by atoms with E-state index in [-0.39, 0.29) is 0 Å². The highest BCUT2D eigenvalue weighted by molar-refractivity contribution is 5.34. The molecule has 1 aliphatic heterocycles. The van der Waals surface area contributed by atoms with Crippen molar-refractivity contribution in [2.45, 2.75) is 19.8 Å². The first-order valence-corrected chi connectivity index (χ1v) is 6.36. The van der Waals surface area contributed by atoms with Crippen molar-refractivity contribution in [3.8, 4) is 5.75 Å². The third-order valence-electron chi connectivity index (χ3n) is 4.78. The maximum absolute atomic E-state index is 5.64. The summed E-state index contributed by atoms with van der Waals surface area (Å²) >= 11 is 0. The van der Waals surface area contributed by atoms with Crippen molar-refractivity contribution in [1.29, 1.82) is 0 Å². The lowest BCUT2D eigenvalue weighted by Crippen LogP contribution is -2.50. The van der Waals surface area contributed by atoms with Crippen LogP contribution in [0.5, 0.6) is 5.75 Å². The number of hydrogen-bond donors (Lipinski definition) is 0. The summed E-state index contributed by atoms with van der Waals surface area (Å²) in [6, 6.07) is 8.54. The zero-order chi connectivity index (χ0) is 12.0. The normalized spacial score (nSPS) is 33.9. The summed E-state index contributed by atoms with van der Waals surface area (Å²) in [6.07, 6.45) is 0. The van der Waals surface area contributed by atoms with Gasteiger partial charge in [-0.2, -0.15) is 0 Å². The Bertz CT molecular complexity index is 407. The Labute approximate surface area is 103 Å². The van der Waals surface area contributed by atoms with Crippen LogP contribution in [0, 0.1) is 17.3 Å². The standard InChI is InChI=1S/C15H20O2/c1-15(2)13-9-17-8-12(13)14(15)10-4-6-11(16-3)7-5-10/h4-7,12-14H,8-9H2,1-3H3/t12-,13+,14+/m0/s1. The Morgan fingerprint density at radius 2 is 1.88 bits per heavy atom. The van der Waals surface area contributed by atoms with Gasteiger partial charge in [0.15, 0.2) is 0 Å². The van der Waals surface area contributed by atoms with Crippen LogP contribution in [-0.4, -0.2) is 20.3 Å². The zero-order valence-electron chi connectivity index (χ0n) is 10.8. The Morgan fingerprint density at radius 1 is 1.18 bits per heavy atom. The van der Waals surface area contributed by atoms with E-state index < -0.39 is 0 Å². The lowest BCUT2D eigenvalue weighted by atomic mass is 9.48. The molecule has 1 saturated heterocycles. The number of hydrogen-bond acceptors (Lipinski definition) is 2. The molecule has 0 radical (unpaired) electrons. The van der Waals surface area contributed by atoms with E-state index in [4.69, 9.17) is 9.47 Å². The molecule has 0 N–H and O–H groups in total. The van der Waals surface area contributed by atoms with Gasteiger partial charge in [0.2, 0.25) is 0 Å². The van der Waals surface area contributed by atoms with Gasteiger partial charge in [-0.1, -0.05) is 26.0 Å². The van der Waals surface area contributed by atoms with Gasteiger partial charge in [0, 0.05) is 0 Å². The molecule has 2 nitrogen and oxygen atoms in total. The van der Waals surface area contributed by atoms with E-state index in [2.05, 4.69) is 38.1 Å². The van der Waals surface area contributed by atoms with Gasteiger partial charge < -0.3 is 9.47 Å². The second-order valence-corrected chi connectivity index (χ2v) is 5.88. The average Bonchev–Trinajstić information content (AvgIpc) is 2.76. The largest absolute Gasteiger partial charge is 0.497 e. The SMILES string of the molecule is COc1ccc([C@@H]2[C@H]3COC[C@H]3C2(C)C)cc1. The highest BCUT2D eigenvalue weighted by Crippen LogP contribution is 2.63. The molecule has 0 bridgehead atoms. The molecule has 17 heavy (non-hydrogen) atoms. The molecule has 2 aliphatic rings. The fraction of sp³-hybridized carbons (Fsp3) is 0.600. The Hall–Kier alpha value is -1.02. The highest BCUT2D eigenvalue weighted by atomic mass is 16.5. The second kappa shape index (κ2) is 3.74. The number of benzene rings is 1. The molecule has 92 valence electrons. The molecule has 0 aromatic heterocycles. The molecular weight excluding hydrogens is 212 g/mol. The molecule has 3 rings (SSSR count). The van der Waals surface area contributed by atoms with E-state index in [1.807, 2.05) is 0 Å². The lowest BCUT2D eigenvalue weighted by molar-refractivity contribution is -0.0107. The third kappa shape index (κ3) is 1.50. The minimum atomic E-state index is 0.371.